The van der Waals surface area contributed by atoms with Crippen LogP contribution in [0.25, 0.3) is 0 Å². The third-order valence-corrected chi connectivity index (χ3v) is 3.92. The van der Waals surface area contributed by atoms with Crippen molar-refractivity contribution in [2.45, 2.75) is 13.8 Å². The molecule has 1 fully saturated rings. The minimum Gasteiger partial charge on any atom is -0.361 e. The van der Waals surface area contributed by atoms with Gasteiger partial charge in [-0.3, -0.25) is 0 Å². The minimum atomic E-state index is 1.19. The zero-order valence-corrected chi connectivity index (χ0v) is 9.81. The second-order valence-corrected chi connectivity index (χ2v) is 5.07. The molecule has 0 spiro atoms. The molecule has 0 radical (unpaired) electrons. The first-order valence-corrected chi connectivity index (χ1v) is 6.15. The normalized spacial score (nSPS) is 18.9. The quantitative estimate of drug-likeness (QED) is 0.738. The molecule has 2 nitrogen and oxygen atoms in total. The first kappa shape index (κ1) is 9.99. The summed E-state index contributed by atoms with van der Waals surface area (Å²) in [4.78, 5) is 6.43. The lowest BCUT2D eigenvalue weighted by Crippen LogP contribution is -2.45. The van der Waals surface area contributed by atoms with Crippen molar-refractivity contribution >= 4 is 16.3 Å². The first-order valence-electron chi connectivity index (χ1n) is 5.33. The van der Waals surface area contributed by atoms with Crippen LogP contribution in [0, 0.1) is 6.92 Å². The van der Waals surface area contributed by atoms with Crippen LogP contribution < -0.4 is 4.90 Å². The molecule has 0 atom stereocenters. The van der Waals surface area contributed by atoms with Gasteiger partial charge < -0.3 is 9.80 Å². The maximum atomic E-state index is 2.51. The predicted molar refractivity (Wildman–Crippen MR) is 63.4 cm³/mol. The number of aryl methyl sites for hydroxylation is 1. The summed E-state index contributed by atoms with van der Waals surface area (Å²) in [5.41, 5.74) is 0. The Morgan fingerprint density at radius 1 is 1.21 bits per heavy atom. The van der Waals surface area contributed by atoms with Crippen LogP contribution in [-0.4, -0.2) is 37.6 Å². The minimum absolute atomic E-state index is 1.19. The molecule has 3 heteroatoms. The maximum absolute atomic E-state index is 2.51. The van der Waals surface area contributed by atoms with Crippen LogP contribution in [0.15, 0.2) is 12.1 Å². The molecule has 1 aromatic heterocycles. The van der Waals surface area contributed by atoms with Gasteiger partial charge >= 0.3 is 0 Å². The number of hydrogen-bond acceptors (Lipinski definition) is 3. The van der Waals surface area contributed by atoms with Gasteiger partial charge in [-0.15, -0.1) is 11.3 Å². The average Bonchev–Trinajstić information content (AvgIpc) is 2.65. The van der Waals surface area contributed by atoms with E-state index in [1.165, 1.54) is 42.6 Å². The lowest BCUT2D eigenvalue weighted by Gasteiger charge is -2.34. The standard InChI is InChI=1S/C11H18N2S/c1-3-12-6-8-13(9-7-12)11-5-4-10(2)14-11/h4-5H,3,6-9H2,1-2H3. The van der Waals surface area contributed by atoms with E-state index < -0.39 is 0 Å². The van der Waals surface area contributed by atoms with Crippen LogP contribution >= 0.6 is 11.3 Å². The highest BCUT2D eigenvalue weighted by Crippen LogP contribution is 2.25. The Kier molecular flexibility index (Phi) is 3.08. The van der Waals surface area contributed by atoms with E-state index in [9.17, 15) is 0 Å². The van der Waals surface area contributed by atoms with Crippen LogP contribution in [0.3, 0.4) is 0 Å². The highest BCUT2D eigenvalue weighted by Gasteiger charge is 2.16. The van der Waals surface area contributed by atoms with E-state index >= 15 is 0 Å². The largest absolute Gasteiger partial charge is 0.361 e. The molecule has 0 aromatic carbocycles. The molecule has 0 saturated carbocycles. The number of piperazine rings is 1. The topological polar surface area (TPSA) is 6.48 Å². The number of likely N-dealkylation sites (N-methyl/N-ethyl adjacent to an activating group) is 1. The fourth-order valence-corrected chi connectivity index (χ4v) is 2.79. The molecular weight excluding hydrogens is 192 g/mol. The fraction of sp³-hybridized carbons (Fsp3) is 0.636. The number of nitrogens with zero attached hydrogens (tertiary/aromatic N) is 2. The summed E-state index contributed by atoms with van der Waals surface area (Å²) in [6.07, 6.45) is 0. The third-order valence-electron chi connectivity index (χ3n) is 2.86. The monoisotopic (exact) mass is 210 g/mol. The Balaban J connectivity index is 1.95. The van der Waals surface area contributed by atoms with Gasteiger partial charge in [-0.2, -0.15) is 0 Å². The zero-order valence-electron chi connectivity index (χ0n) is 8.99. The van der Waals surface area contributed by atoms with Crippen LogP contribution in [0.5, 0.6) is 0 Å². The second-order valence-electron chi connectivity index (χ2n) is 3.81. The van der Waals surface area contributed by atoms with Crippen LogP contribution in [0.1, 0.15) is 11.8 Å². The number of rotatable bonds is 2. The van der Waals surface area contributed by atoms with Crippen molar-refractivity contribution in [1.29, 1.82) is 0 Å². The van der Waals surface area contributed by atoms with Gasteiger partial charge in [-0.25, -0.2) is 0 Å². The second kappa shape index (κ2) is 4.32. The summed E-state index contributed by atoms with van der Waals surface area (Å²) in [5, 5.41) is 1.44. The van der Waals surface area contributed by atoms with E-state index in [1.54, 1.807) is 0 Å². The fourth-order valence-electron chi connectivity index (χ4n) is 1.88. The van der Waals surface area contributed by atoms with E-state index in [4.69, 9.17) is 0 Å². The van der Waals surface area contributed by atoms with Crippen molar-refractivity contribution < 1.29 is 0 Å². The predicted octanol–water partition coefficient (Wildman–Crippen LogP) is 2.20. The van der Waals surface area contributed by atoms with Crippen molar-refractivity contribution in [2.24, 2.45) is 0 Å². The van der Waals surface area contributed by atoms with Gasteiger partial charge in [0.2, 0.25) is 0 Å². The summed E-state index contributed by atoms with van der Waals surface area (Å²) in [5.74, 6) is 0. The summed E-state index contributed by atoms with van der Waals surface area (Å²) in [7, 11) is 0. The van der Waals surface area contributed by atoms with Crippen molar-refractivity contribution in [1.82, 2.24) is 4.90 Å². The van der Waals surface area contributed by atoms with Gasteiger partial charge in [0.15, 0.2) is 0 Å². The summed E-state index contributed by atoms with van der Waals surface area (Å²) >= 11 is 1.91. The number of hydrogen-bond donors (Lipinski definition) is 0. The highest BCUT2D eigenvalue weighted by atomic mass is 32.1. The maximum Gasteiger partial charge on any atom is 0.0912 e. The van der Waals surface area contributed by atoms with E-state index in [0.29, 0.717) is 0 Å². The van der Waals surface area contributed by atoms with E-state index in [-0.39, 0.29) is 0 Å². The molecule has 0 bridgehead atoms. The Morgan fingerprint density at radius 3 is 2.43 bits per heavy atom. The zero-order chi connectivity index (χ0) is 9.97. The first-order chi connectivity index (χ1) is 6.79. The van der Waals surface area contributed by atoms with E-state index in [0.717, 1.165) is 0 Å². The molecule has 2 rings (SSSR count). The molecule has 1 saturated heterocycles. The third kappa shape index (κ3) is 2.10. The molecule has 14 heavy (non-hydrogen) atoms. The SMILES string of the molecule is CCN1CCN(c2ccc(C)s2)CC1. The van der Waals surface area contributed by atoms with Crippen LogP contribution in [-0.2, 0) is 0 Å². The smallest absolute Gasteiger partial charge is 0.0912 e. The lowest BCUT2D eigenvalue weighted by atomic mass is 10.3. The number of thiophene rings is 1. The Labute approximate surface area is 90.1 Å². The molecular formula is C11H18N2S. The number of anilines is 1. The molecule has 78 valence electrons. The summed E-state index contributed by atoms with van der Waals surface area (Å²) < 4.78 is 0. The Morgan fingerprint density at radius 2 is 1.93 bits per heavy atom. The summed E-state index contributed by atoms with van der Waals surface area (Å²) in [6.45, 7) is 10.4. The van der Waals surface area contributed by atoms with Gasteiger partial charge in [-0.05, 0) is 25.6 Å². The molecule has 0 amide bonds. The van der Waals surface area contributed by atoms with Crippen molar-refractivity contribution in [3.8, 4) is 0 Å². The van der Waals surface area contributed by atoms with Crippen LogP contribution in [0.2, 0.25) is 0 Å². The molecule has 1 aromatic rings. The van der Waals surface area contributed by atoms with Gasteiger partial charge in [0, 0.05) is 31.1 Å². The molecule has 1 aliphatic heterocycles. The Hall–Kier alpha value is -0.540. The van der Waals surface area contributed by atoms with Crippen molar-refractivity contribution in [3.63, 3.8) is 0 Å². The summed E-state index contributed by atoms with van der Waals surface area (Å²) in [6, 6.07) is 4.47. The Bertz CT molecular complexity index is 287. The van der Waals surface area contributed by atoms with Gasteiger partial charge in [-0.1, -0.05) is 6.92 Å². The molecule has 2 heterocycles. The molecule has 0 unspecified atom stereocenters. The van der Waals surface area contributed by atoms with Gasteiger partial charge in [0.25, 0.3) is 0 Å². The lowest BCUT2D eigenvalue weighted by molar-refractivity contribution is 0.271. The van der Waals surface area contributed by atoms with Crippen molar-refractivity contribution in [3.05, 3.63) is 17.0 Å². The molecule has 0 aliphatic carbocycles. The van der Waals surface area contributed by atoms with Crippen LogP contribution in [0.4, 0.5) is 5.00 Å². The average molecular weight is 210 g/mol. The van der Waals surface area contributed by atoms with E-state index in [2.05, 4.69) is 35.8 Å². The van der Waals surface area contributed by atoms with E-state index in [1.807, 2.05) is 11.3 Å². The van der Waals surface area contributed by atoms with Crippen molar-refractivity contribution in [2.75, 3.05) is 37.6 Å². The van der Waals surface area contributed by atoms with Gasteiger partial charge in [0.05, 0.1) is 5.00 Å². The van der Waals surface area contributed by atoms with Gasteiger partial charge in [0.1, 0.15) is 0 Å². The molecule has 1 aliphatic rings. The molecule has 0 N–H and O–H groups in total. The highest BCUT2D eigenvalue weighted by molar-refractivity contribution is 7.16.